The van der Waals surface area contributed by atoms with Crippen molar-refractivity contribution < 1.29 is 14.5 Å². The molecule has 130 valence electrons. The van der Waals surface area contributed by atoms with Gasteiger partial charge in [-0.05, 0) is 58.9 Å². The molecule has 2 atom stereocenters. The normalized spacial score (nSPS) is 22.1. The van der Waals surface area contributed by atoms with Crippen molar-refractivity contribution in [3.63, 3.8) is 0 Å². The maximum atomic E-state index is 11.9. The molecule has 1 aliphatic rings. The number of carbonyl (C=O) groups is 1. The van der Waals surface area contributed by atoms with Crippen molar-refractivity contribution in [2.24, 2.45) is 0 Å². The summed E-state index contributed by atoms with van der Waals surface area (Å²) in [5.74, 6) is -0.475. The predicted molar refractivity (Wildman–Crippen MR) is 92.0 cm³/mol. The Balaban J connectivity index is 1.76. The fourth-order valence-electron chi connectivity index (χ4n) is 2.85. The van der Waals surface area contributed by atoms with Gasteiger partial charge < -0.3 is 4.74 Å². The Hall–Kier alpha value is -2.21. The first-order valence-electron chi connectivity index (χ1n) is 8.03. The lowest BCUT2D eigenvalue weighted by atomic mass is 10.0. The third-order valence-electron chi connectivity index (χ3n) is 4.90. The van der Waals surface area contributed by atoms with Crippen molar-refractivity contribution in [2.75, 3.05) is 13.7 Å². The lowest BCUT2D eigenvalue weighted by Crippen LogP contribution is -2.06. The molecule has 1 aromatic rings. The van der Waals surface area contributed by atoms with Crippen LogP contribution in [0.1, 0.15) is 44.0 Å². The van der Waals surface area contributed by atoms with E-state index in [1.807, 2.05) is 13.0 Å². The first-order valence-corrected chi connectivity index (χ1v) is 8.03. The van der Waals surface area contributed by atoms with Gasteiger partial charge in [0, 0.05) is 23.7 Å². The molecule has 6 nitrogen and oxygen atoms in total. The van der Waals surface area contributed by atoms with E-state index in [0.29, 0.717) is 17.1 Å². The minimum Gasteiger partial charge on any atom is -0.458 e. The van der Waals surface area contributed by atoms with Crippen LogP contribution in [0.5, 0.6) is 0 Å². The highest BCUT2D eigenvalue weighted by Crippen LogP contribution is 2.41. The molecule has 2 unspecified atom stereocenters. The number of nitrogens with zero attached hydrogens (tertiary/aromatic N) is 2. The molecule has 2 rings (SSSR count). The molecule has 0 spiro atoms. The number of nitro benzene ring substituents is 1. The molecule has 1 fully saturated rings. The van der Waals surface area contributed by atoms with Gasteiger partial charge in [0.2, 0.25) is 0 Å². The third-order valence-corrected chi connectivity index (χ3v) is 4.90. The highest BCUT2D eigenvalue weighted by Gasteiger charge is 2.51. The standard InChI is InChI=1S/C18H24N2O4/c1-13(5-10-16-18(2,3)19(16)4)11-12-24-17(21)14-6-8-15(9-7-14)20(22)23/h6-9,11,16H,5,10,12H2,1-4H3/b13-11+. The van der Waals surface area contributed by atoms with E-state index < -0.39 is 10.9 Å². The van der Waals surface area contributed by atoms with E-state index >= 15 is 0 Å². The second-order valence-electron chi connectivity index (χ2n) is 6.77. The number of non-ortho nitro benzene ring substituents is 1. The zero-order valence-corrected chi connectivity index (χ0v) is 14.6. The van der Waals surface area contributed by atoms with Crippen molar-refractivity contribution in [2.45, 2.75) is 45.2 Å². The average Bonchev–Trinajstić information content (AvgIpc) is 3.02. The molecule has 0 bridgehead atoms. The number of allylic oxidation sites excluding steroid dienone is 1. The summed E-state index contributed by atoms with van der Waals surface area (Å²) in [7, 11) is 2.13. The van der Waals surface area contributed by atoms with Gasteiger partial charge in [-0.2, -0.15) is 0 Å². The number of benzene rings is 1. The van der Waals surface area contributed by atoms with Gasteiger partial charge in [0.25, 0.3) is 5.69 Å². The molecule has 0 aromatic heterocycles. The largest absolute Gasteiger partial charge is 0.458 e. The van der Waals surface area contributed by atoms with Gasteiger partial charge in [-0.15, -0.1) is 0 Å². The van der Waals surface area contributed by atoms with Gasteiger partial charge in [0.15, 0.2) is 0 Å². The number of ether oxygens (including phenoxy) is 1. The maximum Gasteiger partial charge on any atom is 0.338 e. The lowest BCUT2D eigenvalue weighted by molar-refractivity contribution is -0.384. The maximum absolute atomic E-state index is 11.9. The van der Waals surface area contributed by atoms with Gasteiger partial charge in [-0.3, -0.25) is 15.0 Å². The summed E-state index contributed by atoms with van der Waals surface area (Å²) in [6.07, 6.45) is 3.99. The van der Waals surface area contributed by atoms with Crippen molar-refractivity contribution >= 4 is 11.7 Å². The molecule has 1 aliphatic heterocycles. The summed E-state index contributed by atoms with van der Waals surface area (Å²) in [6, 6.07) is 6.02. The Morgan fingerprint density at radius 1 is 1.38 bits per heavy atom. The Labute approximate surface area is 142 Å². The summed E-state index contributed by atoms with van der Waals surface area (Å²) in [6.45, 7) is 6.73. The molecule has 0 radical (unpaired) electrons. The smallest absolute Gasteiger partial charge is 0.338 e. The van der Waals surface area contributed by atoms with Gasteiger partial charge in [-0.25, -0.2) is 4.79 Å². The van der Waals surface area contributed by atoms with Gasteiger partial charge in [-0.1, -0.05) is 5.57 Å². The molecule has 6 heteroatoms. The first-order chi connectivity index (χ1) is 11.2. The molecule has 0 N–H and O–H groups in total. The number of esters is 1. The molecule has 0 saturated carbocycles. The monoisotopic (exact) mass is 332 g/mol. The van der Waals surface area contributed by atoms with Crippen LogP contribution in [0.2, 0.25) is 0 Å². The summed E-state index contributed by atoms with van der Waals surface area (Å²) in [4.78, 5) is 24.3. The summed E-state index contributed by atoms with van der Waals surface area (Å²) >= 11 is 0. The quantitative estimate of drug-likeness (QED) is 0.251. The van der Waals surface area contributed by atoms with Crippen LogP contribution in [0.3, 0.4) is 0 Å². The number of likely N-dealkylation sites (N-methyl/N-ethyl adjacent to an activating group) is 1. The molecule has 0 aliphatic carbocycles. The van der Waals surface area contributed by atoms with E-state index in [9.17, 15) is 14.9 Å². The molecular formula is C18H24N2O4. The minimum atomic E-state index is -0.500. The SMILES string of the molecule is C/C(=C\COC(=O)c1ccc([N+](=O)[O-])cc1)CCC1N(C)C1(C)C. The van der Waals surface area contributed by atoms with E-state index in [2.05, 4.69) is 25.8 Å². The summed E-state index contributed by atoms with van der Waals surface area (Å²) < 4.78 is 5.19. The van der Waals surface area contributed by atoms with Crippen LogP contribution in [0.4, 0.5) is 5.69 Å². The van der Waals surface area contributed by atoms with Crippen LogP contribution in [-0.4, -0.2) is 41.0 Å². The summed E-state index contributed by atoms with van der Waals surface area (Å²) in [5.41, 5.74) is 1.76. The Kier molecular flexibility index (Phi) is 5.39. The Morgan fingerprint density at radius 2 is 1.96 bits per heavy atom. The fraction of sp³-hybridized carbons (Fsp3) is 0.500. The van der Waals surface area contributed by atoms with Crippen LogP contribution in [0, 0.1) is 10.1 Å². The van der Waals surface area contributed by atoms with Gasteiger partial charge in [0.05, 0.1) is 10.5 Å². The van der Waals surface area contributed by atoms with Crippen LogP contribution < -0.4 is 0 Å². The molecular weight excluding hydrogens is 308 g/mol. The van der Waals surface area contributed by atoms with E-state index in [0.717, 1.165) is 12.8 Å². The number of nitro groups is 1. The molecule has 0 amide bonds. The Morgan fingerprint density at radius 3 is 2.46 bits per heavy atom. The minimum absolute atomic E-state index is 0.0461. The molecule has 1 saturated heterocycles. The number of carbonyl (C=O) groups excluding carboxylic acids is 1. The molecule has 1 heterocycles. The molecule has 1 aromatic carbocycles. The third kappa shape index (κ3) is 4.20. The zero-order chi connectivity index (χ0) is 17.9. The zero-order valence-electron chi connectivity index (χ0n) is 14.6. The van der Waals surface area contributed by atoms with Gasteiger partial charge in [0.1, 0.15) is 6.61 Å². The fourth-order valence-corrected chi connectivity index (χ4v) is 2.85. The van der Waals surface area contributed by atoms with E-state index in [1.54, 1.807) is 0 Å². The number of rotatable bonds is 7. The number of hydrogen-bond acceptors (Lipinski definition) is 5. The van der Waals surface area contributed by atoms with E-state index in [-0.39, 0.29) is 12.3 Å². The second kappa shape index (κ2) is 7.13. The first kappa shape index (κ1) is 18.1. The topological polar surface area (TPSA) is 72.5 Å². The van der Waals surface area contributed by atoms with E-state index in [1.165, 1.54) is 29.8 Å². The average molecular weight is 332 g/mol. The van der Waals surface area contributed by atoms with Crippen molar-refractivity contribution in [3.05, 3.63) is 51.6 Å². The number of hydrogen-bond donors (Lipinski definition) is 0. The second-order valence-corrected chi connectivity index (χ2v) is 6.77. The highest BCUT2D eigenvalue weighted by molar-refractivity contribution is 5.89. The van der Waals surface area contributed by atoms with E-state index in [4.69, 9.17) is 4.74 Å². The van der Waals surface area contributed by atoms with Crippen molar-refractivity contribution in [1.82, 2.24) is 4.90 Å². The van der Waals surface area contributed by atoms with Gasteiger partial charge >= 0.3 is 5.97 Å². The van der Waals surface area contributed by atoms with Crippen LogP contribution >= 0.6 is 0 Å². The lowest BCUT2D eigenvalue weighted by Gasteiger charge is -2.04. The van der Waals surface area contributed by atoms with Crippen LogP contribution in [-0.2, 0) is 4.74 Å². The predicted octanol–water partition coefficient (Wildman–Crippen LogP) is 3.57. The Bertz CT molecular complexity index is 649. The van der Waals surface area contributed by atoms with Crippen molar-refractivity contribution in [3.8, 4) is 0 Å². The van der Waals surface area contributed by atoms with Crippen molar-refractivity contribution in [1.29, 1.82) is 0 Å². The summed E-state index contributed by atoms with van der Waals surface area (Å²) in [5, 5.41) is 10.6. The van der Waals surface area contributed by atoms with Crippen LogP contribution in [0.15, 0.2) is 35.9 Å². The van der Waals surface area contributed by atoms with Crippen LogP contribution in [0.25, 0.3) is 0 Å². The highest BCUT2D eigenvalue weighted by atomic mass is 16.6. The molecule has 24 heavy (non-hydrogen) atoms.